The SMILES string of the molecule is Cl.O=C(O)Cc1c(-c2ccc3c(c2)OCCCO3)nc2ccccc2c1-c1ccccc1. The standard InChI is InChI=1S/C26H21NO4.ClH/c28-24(29)16-20-25(17-7-2-1-3-8-17)19-9-4-5-10-21(19)27-26(20)18-11-12-22-23(15-18)31-14-6-13-30-22;/h1-5,7-12,15H,6,13-14,16H2,(H,28,29);1H. The summed E-state index contributed by atoms with van der Waals surface area (Å²) in [5, 5.41) is 10.7. The van der Waals surface area contributed by atoms with Crippen molar-refractivity contribution in [1.82, 2.24) is 4.98 Å². The van der Waals surface area contributed by atoms with Crippen LogP contribution in [0.2, 0.25) is 0 Å². The van der Waals surface area contributed by atoms with Crippen LogP contribution in [0.4, 0.5) is 0 Å². The highest BCUT2D eigenvalue weighted by atomic mass is 35.5. The van der Waals surface area contributed by atoms with Crippen molar-refractivity contribution in [2.75, 3.05) is 13.2 Å². The van der Waals surface area contributed by atoms with E-state index in [1.807, 2.05) is 72.8 Å². The number of aromatic nitrogens is 1. The first-order valence-corrected chi connectivity index (χ1v) is 10.3. The number of hydrogen-bond donors (Lipinski definition) is 1. The van der Waals surface area contributed by atoms with E-state index >= 15 is 0 Å². The molecular weight excluding hydrogens is 426 g/mol. The molecule has 0 unspecified atom stereocenters. The van der Waals surface area contributed by atoms with Crippen LogP contribution in [0.1, 0.15) is 12.0 Å². The van der Waals surface area contributed by atoms with Crippen LogP contribution in [0.3, 0.4) is 0 Å². The zero-order chi connectivity index (χ0) is 21.2. The summed E-state index contributed by atoms with van der Waals surface area (Å²) in [4.78, 5) is 16.8. The Bertz CT molecular complexity index is 1270. The molecular formula is C26H22ClNO4. The summed E-state index contributed by atoms with van der Waals surface area (Å²) < 4.78 is 11.6. The minimum atomic E-state index is -0.898. The number of benzene rings is 3. The maximum atomic E-state index is 11.9. The van der Waals surface area contributed by atoms with Crippen molar-refractivity contribution < 1.29 is 19.4 Å². The van der Waals surface area contributed by atoms with Crippen LogP contribution in [0.15, 0.2) is 72.8 Å². The van der Waals surface area contributed by atoms with Crippen LogP contribution < -0.4 is 9.47 Å². The highest BCUT2D eigenvalue weighted by molar-refractivity contribution is 6.00. The van der Waals surface area contributed by atoms with Crippen LogP contribution in [-0.2, 0) is 11.2 Å². The minimum absolute atomic E-state index is 0. The number of nitrogens with zero attached hydrogens (tertiary/aromatic N) is 1. The molecule has 0 fully saturated rings. The van der Waals surface area contributed by atoms with Gasteiger partial charge in [-0.05, 0) is 41.0 Å². The molecule has 162 valence electrons. The molecule has 0 aliphatic carbocycles. The zero-order valence-electron chi connectivity index (χ0n) is 17.3. The molecule has 0 atom stereocenters. The second kappa shape index (κ2) is 9.28. The number of fused-ring (bicyclic) bond motifs is 2. The Kier molecular flexibility index (Phi) is 6.28. The second-order valence-electron chi connectivity index (χ2n) is 7.48. The number of rotatable bonds is 4. The number of hydrogen-bond acceptors (Lipinski definition) is 4. The lowest BCUT2D eigenvalue weighted by atomic mass is 9.90. The largest absolute Gasteiger partial charge is 0.490 e. The van der Waals surface area contributed by atoms with E-state index < -0.39 is 5.97 Å². The molecule has 0 spiro atoms. The highest BCUT2D eigenvalue weighted by Gasteiger charge is 2.21. The normalized spacial score (nSPS) is 12.6. The number of carboxylic acids is 1. The van der Waals surface area contributed by atoms with Crippen molar-refractivity contribution in [3.05, 3.63) is 78.4 Å². The lowest BCUT2D eigenvalue weighted by molar-refractivity contribution is -0.136. The molecule has 5 nitrogen and oxygen atoms in total. The van der Waals surface area contributed by atoms with Gasteiger partial charge in [-0.3, -0.25) is 4.79 Å². The van der Waals surface area contributed by atoms with Crippen LogP contribution in [-0.4, -0.2) is 29.3 Å². The molecule has 0 amide bonds. The Hall–Kier alpha value is -3.57. The number of para-hydroxylation sites is 1. The molecule has 1 aliphatic rings. The molecule has 0 saturated carbocycles. The summed E-state index contributed by atoms with van der Waals surface area (Å²) in [5.74, 6) is 0.461. The molecule has 2 heterocycles. The zero-order valence-corrected chi connectivity index (χ0v) is 18.1. The summed E-state index contributed by atoms with van der Waals surface area (Å²) in [5.41, 5.74) is 4.83. The van der Waals surface area contributed by atoms with Gasteiger partial charge in [-0.25, -0.2) is 4.98 Å². The van der Waals surface area contributed by atoms with E-state index in [1.54, 1.807) is 0 Å². The van der Waals surface area contributed by atoms with Crippen molar-refractivity contribution in [1.29, 1.82) is 0 Å². The molecule has 0 saturated heterocycles. The van der Waals surface area contributed by atoms with Crippen LogP contribution >= 0.6 is 12.4 Å². The van der Waals surface area contributed by atoms with Gasteiger partial charge in [0.25, 0.3) is 0 Å². The molecule has 4 aromatic rings. The Balaban J connectivity index is 0.00000245. The van der Waals surface area contributed by atoms with Gasteiger partial charge in [-0.2, -0.15) is 0 Å². The van der Waals surface area contributed by atoms with Crippen LogP contribution in [0.5, 0.6) is 11.5 Å². The van der Waals surface area contributed by atoms with Crippen molar-refractivity contribution >= 4 is 29.3 Å². The van der Waals surface area contributed by atoms with Crippen LogP contribution in [0, 0.1) is 0 Å². The maximum absolute atomic E-state index is 11.9. The first-order valence-electron chi connectivity index (χ1n) is 10.3. The molecule has 32 heavy (non-hydrogen) atoms. The van der Waals surface area contributed by atoms with Crippen molar-refractivity contribution in [2.24, 2.45) is 0 Å². The van der Waals surface area contributed by atoms with Gasteiger partial charge in [0.15, 0.2) is 11.5 Å². The third-order valence-corrected chi connectivity index (χ3v) is 5.40. The van der Waals surface area contributed by atoms with Gasteiger partial charge in [0, 0.05) is 17.4 Å². The van der Waals surface area contributed by atoms with E-state index in [0.717, 1.165) is 34.0 Å². The number of aliphatic carboxylic acids is 1. The Morgan fingerprint density at radius 2 is 1.59 bits per heavy atom. The van der Waals surface area contributed by atoms with E-state index in [4.69, 9.17) is 14.5 Å². The molecule has 1 N–H and O–H groups in total. The third kappa shape index (κ3) is 4.12. The number of carbonyl (C=O) groups is 1. The van der Waals surface area contributed by atoms with Gasteiger partial charge in [0.05, 0.1) is 30.8 Å². The molecule has 5 rings (SSSR count). The first-order chi connectivity index (χ1) is 15.2. The van der Waals surface area contributed by atoms with Crippen molar-refractivity contribution in [3.8, 4) is 33.9 Å². The molecule has 3 aromatic carbocycles. The van der Waals surface area contributed by atoms with E-state index in [2.05, 4.69) is 0 Å². The Labute approximate surface area is 192 Å². The molecule has 0 bridgehead atoms. The predicted octanol–water partition coefficient (Wildman–Crippen LogP) is 5.78. The maximum Gasteiger partial charge on any atom is 0.307 e. The van der Waals surface area contributed by atoms with Gasteiger partial charge in [0.2, 0.25) is 0 Å². The number of halogens is 1. The van der Waals surface area contributed by atoms with E-state index in [0.29, 0.717) is 36.0 Å². The number of carboxylic acid groups (broad SMARTS) is 1. The predicted molar refractivity (Wildman–Crippen MR) is 127 cm³/mol. The summed E-state index contributed by atoms with van der Waals surface area (Å²) >= 11 is 0. The summed E-state index contributed by atoms with van der Waals surface area (Å²) in [6.45, 7) is 1.20. The highest BCUT2D eigenvalue weighted by Crippen LogP contribution is 2.40. The average molecular weight is 448 g/mol. The third-order valence-electron chi connectivity index (χ3n) is 5.40. The summed E-state index contributed by atoms with van der Waals surface area (Å²) in [7, 11) is 0. The molecule has 0 radical (unpaired) electrons. The van der Waals surface area contributed by atoms with Crippen molar-refractivity contribution in [2.45, 2.75) is 12.8 Å². The van der Waals surface area contributed by atoms with Gasteiger partial charge in [0.1, 0.15) is 0 Å². The quantitative estimate of drug-likeness (QED) is 0.429. The fourth-order valence-corrected chi connectivity index (χ4v) is 4.06. The summed E-state index contributed by atoms with van der Waals surface area (Å²) in [6, 6.07) is 23.4. The minimum Gasteiger partial charge on any atom is -0.490 e. The second-order valence-corrected chi connectivity index (χ2v) is 7.48. The molecule has 1 aliphatic heterocycles. The van der Waals surface area contributed by atoms with E-state index in [-0.39, 0.29) is 18.8 Å². The van der Waals surface area contributed by atoms with Gasteiger partial charge in [-0.1, -0.05) is 48.5 Å². The smallest absolute Gasteiger partial charge is 0.307 e. The van der Waals surface area contributed by atoms with Gasteiger partial charge in [-0.15, -0.1) is 12.4 Å². The van der Waals surface area contributed by atoms with Gasteiger partial charge < -0.3 is 14.6 Å². The number of pyridine rings is 1. The van der Waals surface area contributed by atoms with Crippen molar-refractivity contribution in [3.63, 3.8) is 0 Å². The molecule has 6 heteroatoms. The Morgan fingerprint density at radius 1 is 0.875 bits per heavy atom. The fraction of sp³-hybridized carbons (Fsp3) is 0.154. The number of ether oxygens (including phenoxy) is 2. The average Bonchev–Trinajstić information content (AvgIpc) is 3.04. The topological polar surface area (TPSA) is 68.7 Å². The first kappa shape index (κ1) is 21.7. The van der Waals surface area contributed by atoms with E-state index in [9.17, 15) is 9.90 Å². The van der Waals surface area contributed by atoms with Crippen LogP contribution in [0.25, 0.3) is 33.3 Å². The lowest BCUT2D eigenvalue weighted by Gasteiger charge is -2.18. The van der Waals surface area contributed by atoms with Gasteiger partial charge >= 0.3 is 5.97 Å². The Morgan fingerprint density at radius 3 is 2.38 bits per heavy atom. The van der Waals surface area contributed by atoms with E-state index in [1.165, 1.54) is 0 Å². The monoisotopic (exact) mass is 447 g/mol. The molecule has 1 aromatic heterocycles. The fourth-order valence-electron chi connectivity index (χ4n) is 4.06. The lowest BCUT2D eigenvalue weighted by Crippen LogP contribution is -2.06. The summed E-state index contributed by atoms with van der Waals surface area (Å²) in [6.07, 6.45) is 0.687.